The quantitative estimate of drug-likeness (QED) is 0.463. The highest BCUT2D eigenvalue weighted by Crippen LogP contribution is 2.49. The van der Waals surface area contributed by atoms with Gasteiger partial charge in [-0.2, -0.15) is 0 Å². The lowest BCUT2D eigenvalue weighted by Crippen LogP contribution is -2.16. The van der Waals surface area contributed by atoms with Crippen molar-refractivity contribution in [1.29, 1.82) is 0 Å². The minimum Gasteiger partial charge on any atom is -0.0754 e. The van der Waals surface area contributed by atoms with E-state index in [1.165, 1.54) is 31.4 Å². The van der Waals surface area contributed by atoms with Gasteiger partial charge in [0.1, 0.15) is 0 Å². The molecule has 0 amide bonds. The molecule has 0 bridgehead atoms. The van der Waals surface area contributed by atoms with Crippen LogP contribution in [0.2, 0.25) is 0 Å². The summed E-state index contributed by atoms with van der Waals surface area (Å²) in [6.45, 7) is 7.02. The summed E-state index contributed by atoms with van der Waals surface area (Å²) in [5.74, 6) is 1.04. The van der Waals surface area contributed by atoms with Crippen LogP contribution < -0.4 is 0 Å². The van der Waals surface area contributed by atoms with E-state index in [2.05, 4.69) is 104 Å². The summed E-state index contributed by atoms with van der Waals surface area (Å²) in [6, 6.07) is 16.0. The summed E-state index contributed by atoms with van der Waals surface area (Å²) in [4.78, 5) is 0. The van der Waals surface area contributed by atoms with Crippen molar-refractivity contribution in [2.45, 2.75) is 32.1 Å². The van der Waals surface area contributed by atoms with E-state index in [0.29, 0.717) is 11.8 Å². The third-order valence-electron chi connectivity index (χ3n) is 5.44. The average Bonchev–Trinajstić information content (AvgIpc) is 2.76. The number of hydrogen-bond donors (Lipinski definition) is 0. The van der Waals surface area contributed by atoms with Crippen LogP contribution in [0.3, 0.4) is 0 Å². The van der Waals surface area contributed by atoms with Gasteiger partial charge in [0.05, 0.1) is 0 Å². The van der Waals surface area contributed by atoms with E-state index in [1.54, 1.807) is 0 Å². The highest BCUT2D eigenvalue weighted by atomic mass is 127. The molecule has 0 saturated heterocycles. The topological polar surface area (TPSA) is 0 Å². The lowest BCUT2D eigenvalue weighted by atomic mass is 9.79. The molecule has 2 aliphatic carbocycles. The molecule has 116 valence electrons. The monoisotopic (exact) mass is 412 g/mol. The zero-order valence-electron chi connectivity index (χ0n) is 13.8. The van der Waals surface area contributed by atoms with Crippen molar-refractivity contribution < 1.29 is 0 Å². The normalized spacial score (nSPS) is 24.1. The third kappa shape index (κ3) is 2.32. The first kappa shape index (κ1) is 15.2. The maximum Gasteiger partial charge on any atom is 0.0158 e. The third-order valence-corrected chi connectivity index (χ3v) is 6.16. The Balaban J connectivity index is 1.82. The predicted octanol–water partition coefficient (Wildman–Crippen LogP) is 6.60. The SMILES string of the molecule is C[C@H]1C=C(I)C=CC1c1ccc2c(c1)C(C)(C)c1ccccc1-2. The van der Waals surface area contributed by atoms with Crippen molar-refractivity contribution in [2.75, 3.05) is 0 Å². The summed E-state index contributed by atoms with van der Waals surface area (Å²) >= 11 is 2.41. The van der Waals surface area contributed by atoms with Crippen molar-refractivity contribution in [3.63, 3.8) is 0 Å². The zero-order valence-corrected chi connectivity index (χ0v) is 16.0. The Hall–Kier alpha value is -1.35. The van der Waals surface area contributed by atoms with Crippen LogP contribution in [-0.2, 0) is 5.41 Å². The van der Waals surface area contributed by atoms with E-state index in [4.69, 9.17) is 0 Å². The van der Waals surface area contributed by atoms with Gasteiger partial charge < -0.3 is 0 Å². The molecule has 4 rings (SSSR count). The van der Waals surface area contributed by atoms with Crippen molar-refractivity contribution >= 4 is 22.6 Å². The number of rotatable bonds is 1. The van der Waals surface area contributed by atoms with Crippen LogP contribution >= 0.6 is 22.6 Å². The molecule has 0 saturated carbocycles. The Morgan fingerprint density at radius 2 is 1.70 bits per heavy atom. The molecular formula is C22H21I. The Labute approximate surface area is 152 Å². The minimum atomic E-state index is 0.0911. The Bertz CT molecular complexity index is 839. The van der Waals surface area contributed by atoms with Gasteiger partial charge in [-0.25, -0.2) is 0 Å². The summed E-state index contributed by atoms with van der Waals surface area (Å²) in [7, 11) is 0. The second kappa shape index (κ2) is 5.34. The molecule has 0 aromatic heterocycles. The van der Waals surface area contributed by atoms with E-state index >= 15 is 0 Å². The van der Waals surface area contributed by atoms with Crippen LogP contribution in [-0.4, -0.2) is 0 Å². The van der Waals surface area contributed by atoms with Gasteiger partial charge >= 0.3 is 0 Å². The smallest absolute Gasteiger partial charge is 0.0158 e. The van der Waals surface area contributed by atoms with Crippen LogP contribution in [0.25, 0.3) is 11.1 Å². The van der Waals surface area contributed by atoms with E-state index in [0.717, 1.165) is 0 Å². The van der Waals surface area contributed by atoms with Crippen molar-refractivity contribution in [3.8, 4) is 11.1 Å². The van der Waals surface area contributed by atoms with Crippen molar-refractivity contribution in [2.24, 2.45) is 5.92 Å². The van der Waals surface area contributed by atoms with Gasteiger partial charge in [0.2, 0.25) is 0 Å². The molecule has 2 aliphatic rings. The fourth-order valence-corrected chi connectivity index (χ4v) is 4.90. The molecule has 0 spiro atoms. The molecule has 2 aromatic rings. The van der Waals surface area contributed by atoms with Crippen LogP contribution in [0, 0.1) is 5.92 Å². The zero-order chi connectivity index (χ0) is 16.2. The Morgan fingerprint density at radius 3 is 2.48 bits per heavy atom. The molecule has 2 aromatic carbocycles. The van der Waals surface area contributed by atoms with Crippen molar-refractivity contribution in [3.05, 3.63) is 81.0 Å². The average molecular weight is 412 g/mol. The van der Waals surface area contributed by atoms with E-state index in [-0.39, 0.29) is 5.41 Å². The molecule has 1 heteroatoms. The Morgan fingerprint density at radius 1 is 0.957 bits per heavy atom. The molecular weight excluding hydrogens is 391 g/mol. The lowest BCUT2D eigenvalue weighted by Gasteiger charge is -2.26. The second-order valence-corrected chi connectivity index (χ2v) is 8.52. The molecule has 0 N–H and O–H groups in total. The summed E-state index contributed by atoms with van der Waals surface area (Å²) < 4.78 is 1.35. The Kier molecular flexibility index (Phi) is 3.53. The molecule has 0 fully saturated rings. The fraction of sp³-hybridized carbons (Fsp3) is 0.273. The van der Waals surface area contributed by atoms with Crippen molar-refractivity contribution in [1.82, 2.24) is 0 Å². The number of halogens is 1. The molecule has 0 aliphatic heterocycles. The van der Waals surface area contributed by atoms with Gasteiger partial charge in [-0.3, -0.25) is 0 Å². The molecule has 0 radical (unpaired) electrons. The highest BCUT2D eigenvalue weighted by Gasteiger charge is 2.35. The number of allylic oxidation sites excluding steroid dienone is 4. The van der Waals surface area contributed by atoms with E-state index in [1.807, 2.05) is 0 Å². The number of fused-ring (bicyclic) bond motifs is 3. The van der Waals surface area contributed by atoms with Crippen LogP contribution in [0.5, 0.6) is 0 Å². The second-order valence-electron chi connectivity index (χ2n) is 7.27. The van der Waals surface area contributed by atoms with Crippen LogP contribution in [0.1, 0.15) is 43.4 Å². The summed E-state index contributed by atoms with van der Waals surface area (Å²) in [5, 5.41) is 0. The maximum atomic E-state index is 2.45. The van der Waals surface area contributed by atoms with E-state index < -0.39 is 0 Å². The summed E-state index contributed by atoms with van der Waals surface area (Å²) in [5.41, 5.74) is 7.27. The molecule has 1 unspecified atom stereocenters. The molecule has 2 atom stereocenters. The molecule has 0 nitrogen and oxygen atoms in total. The highest BCUT2D eigenvalue weighted by molar-refractivity contribution is 14.1. The van der Waals surface area contributed by atoms with Gasteiger partial charge in [-0.05, 0) is 56.3 Å². The summed E-state index contributed by atoms with van der Waals surface area (Å²) in [6.07, 6.45) is 6.99. The molecule has 23 heavy (non-hydrogen) atoms. The maximum absolute atomic E-state index is 2.45. The lowest BCUT2D eigenvalue weighted by molar-refractivity contribution is 0.626. The van der Waals surface area contributed by atoms with Gasteiger partial charge in [-0.1, -0.05) is 81.5 Å². The number of benzene rings is 2. The van der Waals surface area contributed by atoms with Crippen LogP contribution in [0.15, 0.2) is 64.3 Å². The molecule has 0 heterocycles. The standard InChI is InChI=1S/C22H21I/c1-14-12-16(23)9-11-17(14)15-8-10-19-18-6-4-5-7-20(18)22(2,3)21(19)13-15/h4-14,17H,1-3H3/t14-,17?/m0/s1. The fourth-order valence-electron chi connectivity index (χ4n) is 4.13. The predicted molar refractivity (Wildman–Crippen MR) is 107 cm³/mol. The van der Waals surface area contributed by atoms with Crippen LogP contribution in [0.4, 0.5) is 0 Å². The van der Waals surface area contributed by atoms with Gasteiger partial charge in [-0.15, -0.1) is 0 Å². The minimum absolute atomic E-state index is 0.0911. The first-order valence-corrected chi connectivity index (χ1v) is 9.36. The van der Waals surface area contributed by atoms with Gasteiger partial charge in [0.25, 0.3) is 0 Å². The largest absolute Gasteiger partial charge is 0.0754 e. The van der Waals surface area contributed by atoms with E-state index in [9.17, 15) is 0 Å². The van der Waals surface area contributed by atoms with Gasteiger partial charge in [0, 0.05) is 14.9 Å². The first-order chi connectivity index (χ1) is 11.0. The van der Waals surface area contributed by atoms with Gasteiger partial charge in [0.15, 0.2) is 0 Å². The first-order valence-electron chi connectivity index (χ1n) is 8.28. The number of hydrogen-bond acceptors (Lipinski definition) is 0.